The van der Waals surface area contributed by atoms with Crippen LogP contribution in [0.15, 0.2) is 41.3 Å². The highest BCUT2D eigenvalue weighted by molar-refractivity contribution is 8.00. The van der Waals surface area contributed by atoms with Crippen molar-refractivity contribution in [2.75, 3.05) is 16.4 Å². The fourth-order valence-corrected chi connectivity index (χ4v) is 3.31. The number of nitrogens with one attached hydrogen (secondary N) is 2. The van der Waals surface area contributed by atoms with E-state index in [-0.39, 0.29) is 23.0 Å². The van der Waals surface area contributed by atoms with E-state index in [0.29, 0.717) is 22.7 Å². The first-order valence-corrected chi connectivity index (χ1v) is 8.94. The average Bonchev–Trinajstić information content (AvgIpc) is 2.55. The van der Waals surface area contributed by atoms with Gasteiger partial charge in [0.25, 0.3) is 5.91 Å². The molecule has 3 rings (SSSR count). The number of anilines is 2. The highest BCUT2D eigenvalue weighted by Crippen LogP contribution is 2.33. The Labute approximate surface area is 150 Å². The standard InChI is InChI=1S/C19H20N2O3S/c1-19(2,3)12-5-6-15(22)13(9-12)21-18(24)11-4-7-16-14(8-11)20-17(23)10-25-16/h4-9,22H,10H2,1-3H3,(H,20,23)(H,21,24). The van der Waals surface area contributed by atoms with Gasteiger partial charge in [-0.2, -0.15) is 0 Å². The minimum atomic E-state index is -0.339. The third-order valence-electron chi connectivity index (χ3n) is 3.99. The van der Waals surface area contributed by atoms with Gasteiger partial charge in [-0.15, -0.1) is 11.8 Å². The molecule has 0 saturated heterocycles. The molecule has 0 aliphatic carbocycles. The van der Waals surface area contributed by atoms with Crippen molar-refractivity contribution in [2.24, 2.45) is 0 Å². The predicted molar refractivity (Wildman–Crippen MR) is 101 cm³/mol. The Morgan fingerprint density at radius 2 is 1.96 bits per heavy atom. The first-order valence-electron chi connectivity index (χ1n) is 7.95. The predicted octanol–water partition coefficient (Wildman–Crippen LogP) is 3.99. The lowest BCUT2D eigenvalue weighted by molar-refractivity contribution is -0.113. The summed E-state index contributed by atoms with van der Waals surface area (Å²) in [6.45, 7) is 6.19. The van der Waals surface area contributed by atoms with Crippen LogP contribution in [-0.2, 0) is 10.2 Å². The molecule has 3 N–H and O–H groups in total. The van der Waals surface area contributed by atoms with Crippen LogP contribution in [0.2, 0.25) is 0 Å². The first-order chi connectivity index (χ1) is 11.7. The van der Waals surface area contributed by atoms with Crippen molar-refractivity contribution in [3.8, 4) is 5.75 Å². The molecule has 1 heterocycles. The molecule has 1 aliphatic heterocycles. The van der Waals surface area contributed by atoms with E-state index in [0.717, 1.165) is 10.5 Å². The van der Waals surface area contributed by atoms with E-state index in [2.05, 4.69) is 31.4 Å². The van der Waals surface area contributed by atoms with Gasteiger partial charge in [0.15, 0.2) is 0 Å². The zero-order valence-electron chi connectivity index (χ0n) is 14.3. The van der Waals surface area contributed by atoms with Crippen LogP contribution >= 0.6 is 11.8 Å². The quantitative estimate of drug-likeness (QED) is 0.711. The molecule has 6 heteroatoms. The van der Waals surface area contributed by atoms with Gasteiger partial charge in [-0.3, -0.25) is 9.59 Å². The molecule has 0 radical (unpaired) electrons. The second-order valence-corrected chi connectivity index (χ2v) is 8.00. The molecule has 2 aromatic rings. The van der Waals surface area contributed by atoms with Crippen molar-refractivity contribution in [3.63, 3.8) is 0 Å². The van der Waals surface area contributed by atoms with Gasteiger partial charge in [-0.1, -0.05) is 26.8 Å². The summed E-state index contributed by atoms with van der Waals surface area (Å²) in [6.07, 6.45) is 0. The number of rotatable bonds is 2. The van der Waals surface area contributed by atoms with Crippen LogP contribution in [-0.4, -0.2) is 22.7 Å². The summed E-state index contributed by atoms with van der Waals surface area (Å²) in [6, 6.07) is 10.4. The minimum Gasteiger partial charge on any atom is -0.506 e. The molecule has 0 fully saturated rings. The SMILES string of the molecule is CC(C)(C)c1ccc(O)c(NC(=O)c2ccc3c(c2)NC(=O)CS3)c1. The lowest BCUT2D eigenvalue weighted by Gasteiger charge is -2.20. The molecule has 0 atom stereocenters. The Balaban J connectivity index is 1.86. The second-order valence-electron chi connectivity index (χ2n) is 6.98. The molecule has 1 aliphatic rings. The lowest BCUT2D eigenvalue weighted by Crippen LogP contribution is -2.20. The summed E-state index contributed by atoms with van der Waals surface area (Å²) in [4.78, 5) is 25.0. The number of hydrogen-bond donors (Lipinski definition) is 3. The number of carbonyl (C=O) groups excluding carboxylic acids is 2. The van der Waals surface area contributed by atoms with Crippen molar-refractivity contribution in [3.05, 3.63) is 47.5 Å². The van der Waals surface area contributed by atoms with Crippen molar-refractivity contribution >= 4 is 35.0 Å². The van der Waals surface area contributed by atoms with E-state index >= 15 is 0 Å². The number of fused-ring (bicyclic) bond motifs is 1. The summed E-state index contributed by atoms with van der Waals surface area (Å²) in [5, 5.41) is 15.6. The third-order valence-corrected chi connectivity index (χ3v) is 5.06. The Bertz CT molecular complexity index is 856. The number of benzene rings is 2. The van der Waals surface area contributed by atoms with Gasteiger partial charge in [0.05, 0.1) is 17.1 Å². The van der Waals surface area contributed by atoms with E-state index < -0.39 is 0 Å². The zero-order chi connectivity index (χ0) is 18.2. The Kier molecular flexibility index (Phi) is 4.47. The second kappa shape index (κ2) is 6.44. The number of phenols is 1. The average molecular weight is 356 g/mol. The van der Waals surface area contributed by atoms with Crippen LogP contribution in [0.5, 0.6) is 5.75 Å². The van der Waals surface area contributed by atoms with Crippen molar-refractivity contribution in [1.82, 2.24) is 0 Å². The van der Waals surface area contributed by atoms with Crippen LogP contribution in [0.1, 0.15) is 36.7 Å². The fraction of sp³-hybridized carbons (Fsp3) is 0.263. The van der Waals surface area contributed by atoms with Gasteiger partial charge in [-0.05, 0) is 41.3 Å². The minimum absolute atomic E-state index is 0.0168. The number of aromatic hydroxyl groups is 1. The summed E-state index contributed by atoms with van der Waals surface area (Å²) >= 11 is 1.44. The molecule has 0 bridgehead atoms. The first kappa shape index (κ1) is 17.4. The monoisotopic (exact) mass is 356 g/mol. The largest absolute Gasteiger partial charge is 0.506 e. The van der Waals surface area contributed by atoms with Crippen molar-refractivity contribution < 1.29 is 14.7 Å². The molecule has 5 nitrogen and oxygen atoms in total. The number of thioether (sulfide) groups is 1. The molecule has 2 amide bonds. The lowest BCUT2D eigenvalue weighted by atomic mass is 9.87. The third kappa shape index (κ3) is 3.79. The van der Waals surface area contributed by atoms with Crippen LogP contribution in [0, 0.1) is 0 Å². The molecule has 130 valence electrons. The van der Waals surface area contributed by atoms with Crippen LogP contribution in [0.4, 0.5) is 11.4 Å². The Morgan fingerprint density at radius 1 is 1.20 bits per heavy atom. The summed E-state index contributed by atoms with van der Waals surface area (Å²) < 4.78 is 0. The van der Waals surface area contributed by atoms with Crippen LogP contribution in [0.3, 0.4) is 0 Å². The summed E-state index contributed by atoms with van der Waals surface area (Å²) in [5.74, 6) is -0.0193. The van der Waals surface area contributed by atoms with Gasteiger partial charge in [-0.25, -0.2) is 0 Å². The smallest absolute Gasteiger partial charge is 0.255 e. The molecule has 25 heavy (non-hydrogen) atoms. The summed E-state index contributed by atoms with van der Waals surface area (Å²) in [5.41, 5.74) is 2.34. The van der Waals surface area contributed by atoms with Crippen LogP contribution < -0.4 is 10.6 Å². The maximum absolute atomic E-state index is 12.6. The molecule has 0 aromatic heterocycles. The fourth-order valence-electron chi connectivity index (χ4n) is 2.52. The Morgan fingerprint density at radius 3 is 2.68 bits per heavy atom. The maximum atomic E-state index is 12.6. The molecule has 2 aromatic carbocycles. The normalized spacial score (nSPS) is 13.8. The van der Waals surface area contributed by atoms with Crippen molar-refractivity contribution in [1.29, 1.82) is 0 Å². The number of phenolic OH excluding ortho intramolecular Hbond substituents is 1. The molecule has 0 spiro atoms. The van der Waals surface area contributed by atoms with E-state index in [4.69, 9.17) is 0 Å². The number of hydrogen-bond acceptors (Lipinski definition) is 4. The summed E-state index contributed by atoms with van der Waals surface area (Å²) in [7, 11) is 0. The van der Waals surface area contributed by atoms with Gasteiger partial charge < -0.3 is 15.7 Å². The highest BCUT2D eigenvalue weighted by Gasteiger charge is 2.19. The van der Waals surface area contributed by atoms with Crippen molar-refractivity contribution in [2.45, 2.75) is 31.1 Å². The Hall–Kier alpha value is -2.47. The van der Waals surface area contributed by atoms with E-state index in [1.165, 1.54) is 11.8 Å². The topological polar surface area (TPSA) is 78.4 Å². The highest BCUT2D eigenvalue weighted by atomic mass is 32.2. The van der Waals surface area contributed by atoms with E-state index in [9.17, 15) is 14.7 Å². The van der Waals surface area contributed by atoms with Gasteiger partial charge in [0.2, 0.25) is 5.91 Å². The van der Waals surface area contributed by atoms with Gasteiger partial charge >= 0.3 is 0 Å². The van der Waals surface area contributed by atoms with E-state index in [1.807, 2.05) is 12.1 Å². The van der Waals surface area contributed by atoms with Gasteiger partial charge in [0.1, 0.15) is 5.75 Å². The zero-order valence-corrected chi connectivity index (χ0v) is 15.2. The molecule has 0 unspecified atom stereocenters. The number of carbonyl (C=O) groups is 2. The molecule has 0 saturated carbocycles. The van der Waals surface area contributed by atoms with E-state index in [1.54, 1.807) is 24.3 Å². The number of amides is 2. The van der Waals surface area contributed by atoms with Gasteiger partial charge in [0, 0.05) is 10.5 Å². The molecular formula is C19H20N2O3S. The van der Waals surface area contributed by atoms with Crippen LogP contribution in [0.25, 0.3) is 0 Å². The molecular weight excluding hydrogens is 336 g/mol. The maximum Gasteiger partial charge on any atom is 0.255 e.